The molecule has 0 aliphatic heterocycles. The summed E-state index contributed by atoms with van der Waals surface area (Å²) < 4.78 is 0. The predicted octanol–water partition coefficient (Wildman–Crippen LogP) is 3.84. The van der Waals surface area contributed by atoms with E-state index in [0.29, 0.717) is 12.1 Å². The highest BCUT2D eigenvalue weighted by molar-refractivity contribution is 5.98. The number of nitrogens with zero attached hydrogens (tertiary/aromatic N) is 1. The van der Waals surface area contributed by atoms with E-state index in [1.165, 1.54) is 49.5 Å². The van der Waals surface area contributed by atoms with E-state index < -0.39 is 6.04 Å². The van der Waals surface area contributed by atoms with Gasteiger partial charge in [0.15, 0.2) is 0 Å². The molecule has 4 N–H and O–H groups in total. The first-order valence-corrected chi connectivity index (χ1v) is 12.1. The minimum absolute atomic E-state index is 0.151. The number of carbonyl (C=O) groups is 2. The zero-order valence-electron chi connectivity index (χ0n) is 19.1. The molecule has 0 radical (unpaired) electrons. The van der Waals surface area contributed by atoms with E-state index >= 15 is 0 Å². The summed E-state index contributed by atoms with van der Waals surface area (Å²) in [7, 11) is 0. The minimum Gasteiger partial charge on any atom is -0.339 e. The Balaban J connectivity index is 1.53. The van der Waals surface area contributed by atoms with Crippen molar-refractivity contribution in [2.75, 3.05) is 0 Å². The van der Waals surface area contributed by atoms with Crippen LogP contribution in [0.2, 0.25) is 0 Å². The molecule has 0 saturated heterocycles. The van der Waals surface area contributed by atoms with Crippen LogP contribution in [-0.4, -0.2) is 22.8 Å². The SMILES string of the molecule is CC(C)C[C@H](NC(=O)c1cc(C23CC4CC(CC(C4)C2)C3)c2ccccc2n1)C(=O)NN. The number of pyridine rings is 1. The topological polar surface area (TPSA) is 97.1 Å². The molecule has 0 unspecified atom stereocenters. The van der Waals surface area contributed by atoms with E-state index in [9.17, 15) is 9.59 Å². The van der Waals surface area contributed by atoms with Crippen molar-refractivity contribution in [1.82, 2.24) is 15.7 Å². The van der Waals surface area contributed by atoms with Crippen molar-refractivity contribution in [1.29, 1.82) is 0 Å². The van der Waals surface area contributed by atoms with Crippen LogP contribution >= 0.6 is 0 Å². The lowest BCUT2D eigenvalue weighted by molar-refractivity contribution is -0.123. The Bertz CT molecular complexity index is 1010. The number of nitrogens with two attached hydrogens (primary N) is 1. The van der Waals surface area contributed by atoms with Gasteiger partial charge in [0.1, 0.15) is 11.7 Å². The van der Waals surface area contributed by atoms with Gasteiger partial charge in [-0.2, -0.15) is 0 Å². The van der Waals surface area contributed by atoms with Crippen molar-refractivity contribution < 1.29 is 9.59 Å². The van der Waals surface area contributed by atoms with Crippen molar-refractivity contribution in [3.8, 4) is 0 Å². The van der Waals surface area contributed by atoms with Crippen LogP contribution in [0.25, 0.3) is 10.9 Å². The van der Waals surface area contributed by atoms with Gasteiger partial charge in [-0.25, -0.2) is 10.8 Å². The first-order chi connectivity index (χ1) is 15.4. The lowest BCUT2D eigenvalue weighted by Gasteiger charge is -2.57. The molecule has 1 aromatic carbocycles. The largest absolute Gasteiger partial charge is 0.339 e. The molecule has 170 valence electrons. The maximum atomic E-state index is 13.3. The summed E-state index contributed by atoms with van der Waals surface area (Å²) in [4.78, 5) is 30.2. The van der Waals surface area contributed by atoms with Gasteiger partial charge in [0.05, 0.1) is 5.52 Å². The molecule has 2 amide bonds. The van der Waals surface area contributed by atoms with Crippen molar-refractivity contribution in [2.45, 2.75) is 70.3 Å². The first kappa shape index (κ1) is 21.4. The number of carbonyl (C=O) groups excluding carboxylic acids is 2. The number of hydrogen-bond donors (Lipinski definition) is 3. The fourth-order valence-corrected chi connectivity index (χ4v) is 7.21. The Morgan fingerprint density at radius 3 is 2.31 bits per heavy atom. The molecule has 1 heterocycles. The molecule has 4 fully saturated rings. The molecule has 0 spiro atoms. The zero-order valence-corrected chi connectivity index (χ0v) is 19.1. The quantitative estimate of drug-likeness (QED) is 0.366. The van der Waals surface area contributed by atoms with Gasteiger partial charge in [-0.05, 0) is 91.7 Å². The second-order valence-corrected chi connectivity index (χ2v) is 10.9. The normalized spacial score (nSPS) is 29.3. The third-order valence-electron chi connectivity index (χ3n) is 8.03. The number of amides is 2. The number of nitrogens with one attached hydrogen (secondary N) is 2. The van der Waals surface area contributed by atoms with Crippen LogP contribution in [0.4, 0.5) is 0 Å². The summed E-state index contributed by atoms with van der Waals surface area (Å²) in [5.41, 5.74) is 4.87. The number of benzene rings is 1. The van der Waals surface area contributed by atoms with Gasteiger partial charge in [-0.3, -0.25) is 15.0 Å². The first-order valence-electron chi connectivity index (χ1n) is 12.1. The van der Waals surface area contributed by atoms with Crippen molar-refractivity contribution in [2.24, 2.45) is 29.5 Å². The lowest BCUT2D eigenvalue weighted by atomic mass is 9.48. The van der Waals surface area contributed by atoms with Gasteiger partial charge >= 0.3 is 0 Å². The van der Waals surface area contributed by atoms with Crippen LogP contribution in [0.3, 0.4) is 0 Å². The van der Waals surface area contributed by atoms with Crippen molar-refractivity contribution in [3.63, 3.8) is 0 Å². The summed E-state index contributed by atoms with van der Waals surface area (Å²) >= 11 is 0. The van der Waals surface area contributed by atoms with Gasteiger partial charge < -0.3 is 5.32 Å². The van der Waals surface area contributed by atoms with Gasteiger partial charge in [0.25, 0.3) is 11.8 Å². The smallest absolute Gasteiger partial charge is 0.270 e. The van der Waals surface area contributed by atoms with E-state index in [1.807, 2.05) is 32.0 Å². The highest BCUT2D eigenvalue weighted by atomic mass is 16.2. The van der Waals surface area contributed by atoms with Crippen LogP contribution in [0, 0.1) is 23.7 Å². The van der Waals surface area contributed by atoms with Gasteiger partial charge in [0.2, 0.25) is 0 Å². The summed E-state index contributed by atoms with van der Waals surface area (Å²) in [5.74, 6) is 7.36. The molecular formula is C26H34N4O2. The van der Waals surface area contributed by atoms with E-state index in [4.69, 9.17) is 10.8 Å². The van der Waals surface area contributed by atoms with Crippen LogP contribution in [0.15, 0.2) is 30.3 Å². The molecule has 2 aromatic rings. The molecule has 4 saturated carbocycles. The fourth-order valence-electron chi connectivity index (χ4n) is 7.21. The third kappa shape index (κ3) is 3.79. The molecule has 6 heteroatoms. The number of para-hydroxylation sites is 1. The van der Waals surface area contributed by atoms with Crippen molar-refractivity contribution in [3.05, 3.63) is 41.6 Å². The monoisotopic (exact) mass is 434 g/mol. The van der Waals surface area contributed by atoms with Crippen LogP contribution in [0.5, 0.6) is 0 Å². The maximum Gasteiger partial charge on any atom is 0.270 e. The van der Waals surface area contributed by atoms with Crippen molar-refractivity contribution >= 4 is 22.7 Å². The van der Waals surface area contributed by atoms with E-state index in [0.717, 1.165) is 23.3 Å². The Morgan fingerprint density at radius 2 is 1.72 bits per heavy atom. The molecule has 1 aromatic heterocycles. The molecule has 6 nitrogen and oxygen atoms in total. The highest BCUT2D eigenvalue weighted by Crippen LogP contribution is 2.61. The van der Waals surface area contributed by atoms with Gasteiger partial charge in [0, 0.05) is 5.39 Å². The predicted molar refractivity (Wildman–Crippen MR) is 125 cm³/mol. The van der Waals surface area contributed by atoms with Gasteiger partial charge in [-0.1, -0.05) is 32.0 Å². The average molecular weight is 435 g/mol. The summed E-state index contributed by atoms with van der Waals surface area (Å²) in [6, 6.07) is 9.54. The second-order valence-electron chi connectivity index (χ2n) is 10.9. The number of fused-ring (bicyclic) bond motifs is 1. The Kier molecular flexibility index (Phi) is 5.44. The van der Waals surface area contributed by atoms with E-state index in [2.05, 4.69) is 22.9 Å². The Labute approximate surface area is 189 Å². The fraction of sp³-hybridized carbons (Fsp3) is 0.577. The van der Waals surface area contributed by atoms with Crippen LogP contribution in [0.1, 0.15) is 74.8 Å². The molecule has 1 atom stereocenters. The highest BCUT2D eigenvalue weighted by Gasteiger charge is 2.52. The number of hydrazine groups is 1. The summed E-state index contributed by atoms with van der Waals surface area (Å²) in [6.45, 7) is 4.03. The number of aromatic nitrogens is 1. The molecule has 4 aliphatic carbocycles. The Morgan fingerprint density at radius 1 is 1.09 bits per heavy atom. The summed E-state index contributed by atoms with van der Waals surface area (Å²) in [5, 5.41) is 4.06. The maximum absolute atomic E-state index is 13.3. The summed E-state index contributed by atoms with van der Waals surface area (Å²) in [6.07, 6.45) is 8.31. The Hall–Kier alpha value is -2.47. The second kappa shape index (κ2) is 8.14. The molecule has 4 aliphatic rings. The minimum atomic E-state index is -0.677. The third-order valence-corrected chi connectivity index (χ3v) is 8.03. The van der Waals surface area contributed by atoms with E-state index in [1.54, 1.807) is 0 Å². The lowest BCUT2D eigenvalue weighted by Crippen LogP contribution is -2.50. The van der Waals surface area contributed by atoms with Crippen LogP contribution in [-0.2, 0) is 10.2 Å². The molecular weight excluding hydrogens is 400 g/mol. The zero-order chi connectivity index (χ0) is 22.5. The van der Waals surface area contributed by atoms with E-state index in [-0.39, 0.29) is 23.1 Å². The number of hydrogen-bond acceptors (Lipinski definition) is 4. The number of rotatable bonds is 6. The van der Waals surface area contributed by atoms with Gasteiger partial charge in [-0.15, -0.1) is 0 Å². The standard InChI is InChI=1S/C26H34N4O2/c1-15(2)7-22(25(32)30-27)29-24(31)23-11-20(19-5-3-4-6-21(19)28-23)26-12-16-8-17(13-26)10-18(9-16)14-26/h3-6,11,15-18,22H,7-10,12-14,27H2,1-2H3,(H,29,31)(H,30,32)/t16?,17?,18?,22-,26?/m0/s1. The van der Waals surface area contributed by atoms with Crippen LogP contribution < -0.4 is 16.6 Å². The average Bonchev–Trinajstić information content (AvgIpc) is 2.76. The molecule has 4 bridgehead atoms. The molecule has 32 heavy (non-hydrogen) atoms. The molecule has 6 rings (SSSR count).